The number of nitrogens with two attached hydrogens (primary N) is 1. The molecule has 2 fully saturated rings. The first-order valence-electron chi connectivity index (χ1n) is 8.48. The van der Waals surface area contributed by atoms with Crippen molar-refractivity contribution in [3.05, 3.63) is 0 Å². The maximum absolute atomic E-state index is 6.16. The lowest BCUT2D eigenvalue weighted by Crippen LogP contribution is -2.56. The normalized spacial score (nSPS) is 31.3. The molecule has 2 rings (SSSR count). The van der Waals surface area contributed by atoms with E-state index in [1.54, 1.807) is 0 Å². The Bertz CT molecular complexity index is 250. The summed E-state index contributed by atoms with van der Waals surface area (Å²) >= 11 is 0. The van der Waals surface area contributed by atoms with Crippen LogP contribution >= 0.6 is 0 Å². The average molecular weight is 267 g/mol. The van der Waals surface area contributed by atoms with E-state index in [2.05, 4.69) is 17.1 Å². The highest BCUT2D eigenvalue weighted by Crippen LogP contribution is 2.26. The SMILES string of the molecule is CCCN1CCCC(CN)(NC2CCCCC2)CC1. The Labute approximate surface area is 119 Å². The summed E-state index contributed by atoms with van der Waals surface area (Å²) in [6.45, 7) is 6.83. The highest BCUT2D eigenvalue weighted by molar-refractivity contribution is 4.95. The van der Waals surface area contributed by atoms with E-state index in [0.717, 1.165) is 12.6 Å². The smallest absolute Gasteiger partial charge is 0.0319 e. The molecule has 1 saturated heterocycles. The third kappa shape index (κ3) is 4.44. The lowest BCUT2D eigenvalue weighted by atomic mass is 9.86. The lowest BCUT2D eigenvalue weighted by Gasteiger charge is -2.38. The predicted molar refractivity (Wildman–Crippen MR) is 82.4 cm³/mol. The lowest BCUT2D eigenvalue weighted by molar-refractivity contribution is 0.219. The molecule has 2 aliphatic rings. The van der Waals surface area contributed by atoms with Gasteiger partial charge in [-0.1, -0.05) is 26.2 Å². The zero-order valence-electron chi connectivity index (χ0n) is 12.8. The fourth-order valence-corrected chi connectivity index (χ4v) is 3.88. The highest BCUT2D eigenvalue weighted by atomic mass is 15.1. The molecule has 112 valence electrons. The number of hydrogen-bond donors (Lipinski definition) is 2. The molecule has 1 aliphatic heterocycles. The van der Waals surface area contributed by atoms with Gasteiger partial charge in [0, 0.05) is 18.1 Å². The molecule has 0 aromatic carbocycles. The highest BCUT2D eigenvalue weighted by Gasteiger charge is 2.33. The standard InChI is InChI=1S/C16H33N3/c1-2-11-19-12-6-9-16(14-17,10-13-19)18-15-7-4-3-5-8-15/h15,18H,2-14,17H2,1H3. The molecule has 0 aromatic heterocycles. The Hall–Kier alpha value is -0.120. The van der Waals surface area contributed by atoms with Crippen molar-refractivity contribution >= 4 is 0 Å². The summed E-state index contributed by atoms with van der Waals surface area (Å²) in [5, 5.41) is 3.97. The van der Waals surface area contributed by atoms with Gasteiger partial charge in [0.1, 0.15) is 0 Å². The van der Waals surface area contributed by atoms with Crippen LogP contribution in [0.3, 0.4) is 0 Å². The van der Waals surface area contributed by atoms with Crippen molar-refractivity contribution in [1.29, 1.82) is 0 Å². The topological polar surface area (TPSA) is 41.3 Å². The van der Waals surface area contributed by atoms with Gasteiger partial charge in [0.15, 0.2) is 0 Å². The molecule has 1 unspecified atom stereocenters. The van der Waals surface area contributed by atoms with Crippen molar-refractivity contribution in [2.75, 3.05) is 26.2 Å². The van der Waals surface area contributed by atoms with Crippen LogP contribution in [0.4, 0.5) is 0 Å². The number of nitrogens with one attached hydrogen (secondary N) is 1. The molecule has 19 heavy (non-hydrogen) atoms. The van der Waals surface area contributed by atoms with Gasteiger partial charge < -0.3 is 16.0 Å². The van der Waals surface area contributed by atoms with Crippen molar-refractivity contribution in [3.8, 4) is 0 Å². The molecule has 1 atom stereocenters. The first-order valence-corrected chi connectivity index (χ1v) is 8.48. The van der Waals surface area contributed by atoms with E-state index >= 15 is 0 Å². The van der Waals surface area contributed by atoms with Crippen molar-refractivity contribution in [1.82, 2.24) is 10.2 Å². The predicted octanol–water partition coefficient (Wildman–Crippen LogP) is 2.50. The largest absolute Gasteiger partial charge is 0.329 e. The van der Waals surface area contributed by atoms with Gasteiger partial charge >= 0.3 is 0 Å². The second-order valence-electron chi connectivity index (χ2n) is 6.66. The average Bonchev–Trinajstić information content (AvgIpc) is 2.64. The second kappa shape index (κ2) is 7.61. The van der Waals surface area contributed by atoms with Gasteiger partial charge in [-0.3, -0.25) is 0 Å². The Morgan fingerprint density at radius 1 is 1.11 bits per heavy atom. The van der Waals surface area contributed by atoms with Crippen LogP contribution in [0, 0.1) is 0 Å². The fourth-order valence-electron chi connectivity index (χ4n) is 3.88. The molecule has 3 N–H and O–H groups in total. The molecule has 0 spiro atoms. The van der Waals surface area contributed by atoms with Crippen LogP contribution in [0.5, 0.6) is 0 Å². The van der Waals surface area contributed by atoms with E-state index in [4.69, 9.17) is 5.73 Å². The van der Waals surface area contributed by atoms with E-state index in [9.17, 15) is 0 Å². The molecular weight excluding hydrogens is 234 g/mol. The van der Waals surface area contributed by atoms with Crippen molar-refractivity contribution < 1.29 is 0 Å². The summed E-state index contributed by atoms with van der Waals surface area (Å²) in [4.78, 5) is 2.62. The van der Waals surface area contributed by atoms with Crippen LogP contribution in [-0.2, 0) is 0 Å². The summed E-state index contributed by atoms with van der Waals surface area (Å²) in [6.07, 6.45) is 12.0. The van der Waals surface area contributed by atoms with Gasteiger partial charge in [0.05, 0.1) is 0 Å². The van der Waals surface area contributed by atoms with Gasteiger partial charge in [-0.2, -0.15) is 0 Å². The number of rotatable bonds is 5. The fraction of sp³-hybridized carbons (Fsp3) is 1.00. The molecule has 0 bridgehead atoms. The minimum absolute atomic E-state index is 0.227. The van der Waals surface area contributed by atoms with E-state index in [0.29, 0.717) is 0 Å². The van der Waals surface area contributed by atoms with Gasteiger partial charge in [-0.15, -0.1) is 0 Å². The molecule has 1 heterocycles. The van der Waals surface area contributed by atoms with Gasteiger partial charge in [0.25, 0.3) is 0 Å². The zero-order valence-corrected chi connectivity index (χ0v) is 12.8. The van der Waals surface area contributed by atoms with E-state index in [-0.39, 0.29) is 5.54 Å². The summed E-state index contributed by atoms with van der Waals surface area (Å²) in [5.74, 6) is 0. The van der Waals surface area contributed by atoms with Crippen LogP contribution in [0.2, 0.25) is 0 Å². The Balaban J connectivity index is 1.89. The molecule has 3 nitrogen and oxygen atoms in total. The van der Waals surface area contributed by atoms with Crippen LogP contribution in [-0.4, -0.2) is 42.7 Å². The molecule has 0 radical (unpaired) electrons. The van der Waals surface area contributed by atoms with Crippen molar-refractivity contribution in [2.24, 2.45) is 5.73 Å². The third-order valence-electron chi connectivity index (χ3n) is 5.08. The van der Waals surface area contributed by atoms with Gasteiger partial charge in [0.2, 0.25) is 0 Å². The molecule has 0 aromatic rings. The Morgan fingerprint density at radius 2 is 1.89 bits per heavy atom. The molecule has 3 heteroatoms. The number of nitrogens with zero attached hydrogens (tertiary/aromatic N) is 1. The van der Waals surface area contributed by atoms with E-state index in [1.807, 2.05) is 0 Å². The van der Waals surface area contributed by atoms with Crippen LogP contribution in [0.25, 0.3) is 0 Å². The van der Waals surface area contributed by atoms with E-state index in [1.165, 1.54) is 77.4 Å². The summed E-state index contributed by atoms with van der Waals surface area (Å²) < 4.78 is 0. The van der Waals surface area contributed by atoms with Crippen LogP contribution < -0.4 is 11.1 Å². The van der Waals surface area contributed by atoms with Crippen molar-refractivity contribution in [3.63, 3.8) is 0 Å². The molecule has 0 amide bonds. The van der Waals surface area contributed by atoms with Crippen LogP contribution in [0.1, 0.15) is 64.7 Å². The maximum Gasteiger partial charge on any atom is 0.0319 e. The van der Waals surface area contributed by atoms with E-state index < -0.39 is 0 Å². The van der Waals surface area contributed by atoms with Gasteiger partial charge in [-0.05, 0) is 58.2 Å². The van der Waals surface area contributed by atoms with Crippen molar-refractivity contribution in [2.45, 2.75) is 76.3 Å². The van der Waals surface area contributed by atoms with Crippen LogP contribution in [0.15, 0.2) is 0 Å². The summed E-state index contributed by atoms with van der Waals surface area (Å²) in [5.41, 5.74) is 6.39. The summed E-state index contributed by atoms with van der Waals surface area (Å²) in [7, 11) is 0. The minimum Gasteiger partial charge on any atom is -0.329 e. The molecule has 1 aliphatic carbocycles. The second-order valence-corrected chi connectivity index (χ2v) is 6.66. The molecular formula is C16H33N3. The Morgan fingerprint density at radius 3 is 2.58 bits per heavy atom. The Kier molecular flexibility index (Phi) is 6.11. The monoisotopic (exact) mass is 267 g/mol. The number of likely N-dealkylation sites (tertiary alicyclic amines) is 1. The third-order valence-corrected chi connectivity index (χ3v) is 5.08. The maximum atomic E-state index is 6.16. The zero-order chi connectivity index (χ0) is 13.6. The first-order chi connectivity index (χ1) is 9.28. The minimum atomic E-state index is 0.227. The number of hydrogen-bond acceptors (Lipinski definition) is 3. The quantitative estimate of drug-likeness (QED) is 0.804. The molecule has 1 saturated carbocycles. The first kappa shape index (κ1) is 15.3. The van der Waals surface area contributed by atoms with Gasteiger partial charge in [-0.25, -0.2) is 0 Å². The summed E-state index contributed by atoms with van der Waals surface area (Å²) in [6, 6.07) is 0.732.